The number of benzene rings is 2. The maximum Gasteiger partial charge on any atom is 0.314 e. The number of ether oxygens (including phenoxy) is 3. The largest absolute Gasteiger partial charge is 0.493 e. The number of methoxy groups -OCH3 is 1. The molecule has 2 aliphatic rings. The highest BCUT2D eigenvalue weighted by atomic mass is 16.5. The molecular formula is C35H45N5O6. The van der Waals surface area contributed by atoms with Crippen LogP contribution < -0.4 is 20.1 Å². The summed E-state index contributed by atoms with van der Waals surface area (Å²) in [5, 5.41) is 10.4. The molecule has 46 heavy (non-hydrogen) atoms. The summed E-state index contributed by atoms with van der Waals surface area (Å²) in [5.74, 6) is 0.673. The highest BCUT2D eigenvalue weighted by Gasteiger charge is 2.44. The molecule has 1 aromatic heterocycles. The molecule has 11 nitrogen and oxygen atoms in total. The van der Waals surface area contributed by atoms with Gasteiger partial charge in [-0.3, -0.25) is 19.3 Å². The van der Waals surface area contributed by atoms with Crippen molar-refractivity contribution in [3.63, 3.8) is 0 Å². The van der Waals surface area contributed by atoms with Crippen LogP contribution in [0.25, 0.3) is 5.69 Å². The quantitative estimate of drug-likeness (QED) is 0.361. The number of fused-ring (bicyclic) bond motifs is 2. The molecule has 1 aliphatic heterocycles. The Labute approximate surface area is 270 Å². The first-order valence-electron chi connectivity index (χ1n) is 16.2. The van der Waals surface area contributed by atoms with E-state index in [1.54, 1.807) is 26.3 Å². The number of hydrogen-bond donors (Lipinski definition) is 2. The molecule has 0 saturated heterocycles. The molecule has 1 saturated carbocycles. The Hall–Kier alpha value is -4.38. The van der Waals surface area contributed by atoms with E-state index in [-0.39, 0.29) is 37.5 Å². The van der Waals surface area contributed by atoms with Crippen molar-refractivity contribution >= 4 is 17.8 Å². The van der Waals surface area contributed by atoms with Gasteiger partial charge < -0.3 is 24.8 Å². The zero-order valence-corrected chi connectivity index (χ0v) is 26.8. The molecule has 1 aliphatic carbocycles. The van der Waals surface area contributed by atoms with Gasteiger partial charge in [-0.2, -0.15) is 5.10 Å². The van der Waals surface area contributed by atoms with Gasteiger partial charge in [0.2, 0.25) is 5.91 Å². The topological polar surface area (TPSA) is 124 Å². The lowest BCUT2D eigenvalue weighted by Gasteiger charge is -2.32. The first kappa shape index (κ1) is 33.0. The van der Waals surface area contributed by atoms with Gasteiger partial charge in [-0.15, -0.1) is 0 Å². The van der Waals surface area contributed by atoms with Crippen LogP contribution in [0.5, 0.6) is 11.5 Å². The second kappa shape index (κ2) is 15.8. The lowest BCUT2D eigenvalue weighted by Crippen LogP contribution is -2.46. The molecule has 3 aromatic rings. The number of amides is 2. The summed E-state index contributed by atoms with van der Waals surface area (Å²) in [5.41, 5.74) is 1.98. The first-order valence-corrected chi connectivity index (χ1v) is 16.2. The van der Waals surface area contributed by atoms with Gasteiger partial charge >= 0.3 is 5.97 Å². The highest BCUT2D eigenvalue weighted by Crippen LogP contribution is 2.43. The van der Waals surface area contributed by atoms with E-state index in [0.717, 1.165) is 29.7 Å². The molecule has 1 atom stereocenters. The zero-order valence-electron chi connectivity index (χ0n) is 26.8. The van der Waals surface area contributed by atoms with Crippen molar-refractivity contribution in [3.8, 4) is 17.2 Å². The van der Waals surface area contributed by atoms with Crippen molar-refractivity contribution in [2.75, 3.05) is 46.5 Å². The lowest BCUT2D eigenvalue weighted by atomic mass is 9.76. The number of carbonyl (C=O) groups is 3. The van der Waals surface area contributed by atoms with Gasteiger partial charge in [0.15, 0.2) is 18.1 Å². The van der Waals surface area contributed by atoms with Crippen LogP contribution in [0.1, 0.15) is 50.2 Å². The Morgan fingerprint density at radius 1 is 1.09 bits per heavy atom. The van der Waals surface area contributed by atoms with Crippen molar-refractivity contribution in [2.24, 2.45) is 11.3 Å². The Morgan fingerprint density at radius 3 is 2.72 bits per heavy atom. The minimum Gasteiger partial charge on any atom is -0.493 e. The van der Waals surface area contributed by atoms with Gasteiger partial charge in [-0.1, -0.05) is 31.0 Å². The highest BCUT2D eigenvalue weighted by molar-refractivity contribution is 5.81. The van der Waals surface area contributed by atoms with E-state index in [2.05, 4.69) is 32.8 Å². The summed E-state index contributed by atoms with van der Waals surface area (Å²) in [6.07, 6.45) is 7.69. The van der Waals surface area contributed by atoms with Gasteiger partial charge in [-0.25, -0.2) is 4.68 Å². The molecule has 1 fully saturated rings. The van der Waals surface area contributed by atoms with Crippen molar-refractivity contribution in [3.05, 3.63) is 72.1 Å². The molecule has 2 N–H and O–H groups in total. The molecule has 2 bridgehead atoms. The molecule has 246 valence electrons. The van der Waals surface area contributed by atoms with Crippen LogP contribution in [0.15, 0.2) is 60.9 Å². The average Bonchev–Trinajstić information content (AvgIpc) is 3.69. The number of esters is 1. The fraction of sp³-hybridized carbons (Fsp3) is 0.486. The van der Waals surface area contributed by atoms with E-state index >= 15 is 0 Å². The minimum absolute atomic E-state index is 0.0988. The smallest absolute Gasteiger partial charge is 0.314 e. The fourth-order valence-electron chi connectivity index (χ4n) is 6.04. The second-order valence-electron chi connectivity index (χ2n) is 12.2. The summed E-state index contributed by atoms with van der Waals surface area (Å²) in [6.45, 7) is 4.37. The van der Waals surface area contributed by atoms with Crippen LogP contribution in [0, 0.1) is 11.3 Å². The van der Waals surface area contributed by atoms with Crippen molar-refractivity contribution in [1.82, 2.24) is 25.3 Å². The van der Waals surface area contributed by atoms with Crippen LogP contribution in [-0.2, 0) is 32.1 Å². The first-order chi connectivity index (χ1) is 22.4. The molecule has 11 heteroatoms. The van der Waals surface area contributed by atoms with Gasteiger partial charge in [0, 0.05) is 45.0 Å². The summed E-state index contributed by atoms with van der Waals surface area (Å²) in [6, 6.07) is 15.5. The Kier molecular flexibility index (Phi) is 11.3. The molecule has 0 radical (unpaired) electrons. The predicted octanol–water partition coefficient (Wildman–Crippen LogP) is 3.68. The molecule has 2 aromatic carbocycles. The predicted molar refractivity (Wildman–Crippen MR) is 173 cm³/mol. The minimum atomic E-state index is -0.923. The fourth-order valence-corrected chi connectivity index (χ4v) is 6.04. The SMILES string of the molecule is CCOC(=O)C1(CC2CC2)CNC(=O)CCCN(Cc2cccc(-n3cccn3)c2)CCNC(=O)COc2cc(ccc2OC)C1. The van der Waals surface area contributed by atoms with Crippen molar-refractivity contribution in [1.29, 1.82) is 0 Å². The van der Waals surface area contributed by atoms with Crippen LogP contribution in [0.2, 0.25) is 0 Å². The summed E-state index contributed by atoms with van der Waals surface area (Å²) >= 11 is 0. The maximum absolute atomic E-state index is 13.6. The number of nitrogens with zero attached hydrogens (tertiary/aromatic N) is 3. The Morgan fingerprint density at radius 2 is 1.96 bits per heavy atom. The van der Waals surface area contributed by atoms with Gasteiger partial charge in [0.05, 0.1) is 24.8 Å². The van der Waals surface area contributed by atoms with Crippen LogP contribution in [0.3, 0.4) is 0 Å². The second-order valence-corrected chi connectivity index (χ2v) is 12.2. The normalized spacial score (nSPS) is 20.4. The third kappa shape index (κ3) is 9.09. The molecule has 5 rings (SSSR count). The Balaban J connectivity index is 1.36. The summed E-state index contributed by atoms with van der Waals surface area (Å²) in [4.78, 5) is 41.9. The average molecular weight is 632 g/mol. The van der Waals surface area contributed by atoms with Gasteiger partial charge in [-0.05, 0) is 80.1 Å². The monoisotopic (exact) mass is 631 g/mol. The van der Waals surface area contributed by atoms with E-state index < -0.39 is 5.41 Å². The lowest BCUT2D eigenvalue weighted by molar-refractivity contribution is -0.156. The van der Waals surface area contributed by atoms with Crippen LogP contribution in [-0.4, -0.2) is 79.0 Å². The van der Waals surface area contributed by atoms with Crippen molar-refractivity contribution < 1.29 is 28.6 Å². The third-order valence-electron chi connectivity index (χ3n) is 8.55. The molecule has 2 heterocycles. The number of carbonyl (C=O) groups excluding carboxylic acids is 3. The van der Waals surface area contributed by atoms with Gasteiger partial charge in [0.1, 0.15) is 0 Å². The number of aromatic nitrogens is 2. The number of rotatable bonds is 8. The Bertz CT molecular complexity index is 1470. The summed E-state index contributed by atoms with van der Waals surface area (Å²) < 4.78 is 18.9. The molecule has 2 amide bonds. The third-order valence-corrected chi connectivity index (χ3v) is 8.55. The summed E-state index contributed by atoms with van der Waals surface area (Å²) in [7, 11) is 1.55. The van der Waals surface area contributed by atoms with E-state index in [1.165, 1.54) is 0 Å². The van der Waals surface area contributed by atoms with E-state index in [4.69, 9.17) is 14.2 Å². The zero-order chi connectivity index (χ0) is 32.4. The van der Waals surface area contributed by atoms with Crippen LogP contribution >= 0.6 is 0 Å². The number of hydrogen-bond acceptors (Lipinski definition) is 8. The van der Waals surface area contributed by atoms with Crippen LogP contribution in [0.4, 0.5) is 0 Å². The van der Waals surface area contributed by atoms with Gasteiger partial charge in [0.25, 0.3) is 5.91 Å². The number of nitrogens with one attached hydrogen (secondary N) is 2. The standard InChI is InChI=1S/C35H45N5O6/c1-3-45-34(43)35(21-26-10-11-26)22-27-12-13-30(44-2)31(20-27)46-24-33(42)36-15-18-39(16-5-9-32(41)37-25-35)23-28-7-4-8-29(19-28)40-17-6-14-38-40/h4,6-8,12-14,17,19-20,26H,3,5,9-11,15-16,18,21-25H2,1-2H3,(H,36,42)(H,37,41). The molecule has 0 spiro atoms. The molecular weight excluding hydrogens is 586 g/mol. The van der Waals surface area contributed by atoms with E-state index in [9.17, 15) is 14.4 Å². The van der Waals surface area contributed by atoms with E-state index in [1.807, 2.05) is 41.2 Å². The molecule has 1 unspecified atom stereocenters. The van der Waals surface area contributed by atoms with E-state index in [0.29, 0.717) is 69.3 Å². The van der Waals surface area contributed by atoms with Crippen molar-refractivity contribution in [2.45, 2.75) is 52.0 Å². The maximum atomic E-state index is 13.6.